The molecule has 0 saturated carbocycles. The van der Waals surface area contributed by atoms with Crippen molar-refractivity contribution >= 4 is 16.8 Å². The van der Waals surface area contributed by atoms with Gasteiger partial charge in [-0.3, -0.25) is 9.59 Å². The van der Waals surface area contributed by atoms with E-state index in [4.69, 9.17) is 0 Å². The number of hydrogen-bond donors (Lipinski definition) is 2. The van der Waals surface area contributed by atoms with Gasteiger partial charge in [-0.05, 0) is 19.9 Å². The number of carbonyl (C=O) groups is 1. The lowest BCUT2D eigenvalue weighted by Gasteiger charge is -2.36. The van der Waals surface area contributed by atoms with E-state index >= 15 is 0 Å². The number of H-pyrrole nitrogens is 1. The van der Waals surface area contributed by atoms with Gasteiger partial charge < -0.3 is 15.2 Å². The van der Waals surface area contributed by atoms with Crippen LogP contribution in [0.4, 0.5) is 0 Å². The summed E-state index contributed by atoms with van der Waals surface area (Å²) in [5.41, 5.74) is 0.938. The Labute approximate surface area is 123 Å². The van der Waals surface area contributed by atoms with E-state index in [0.717, 1.165) is 5.39 Å². The number of piperazine rings is 1. The van der Waals surface area contributed by atoms with Gasteiger partial charge in [0.2, 0.25) is 5.56 Å². The summed E-state index contributed by atoms with van der Waals surface area (Å²) in [5, 5.41) is 4.19. The van der Waals surface area contributed by atoms with Crippen molar-refractivity contribution < 1.29 is 4.79 Å². The zero-order chi connectivity index (χ0) is 15.0. The minimum atomic E-state index is -0.242. The molecule has 21 heavy (non-hydrogen) atoms. The first-order chi connectivity index (χ1) is 10.0. The second kappa shape index (κ2) is 5.33. The molecule has 5 nitrogen and oxygen atoms in total. The molecule has 0 spiro atoms. The van der Waals surface area contributed by atoms with E-state index in [-0.39, 0.29) is 23.6 Å². The predicted molar refractivity (Wildman–Crippen MR) is 82.5 cm³/mol. The molecule has 110 valence electrons. The zero-order valence-corrected chi connectivity index (χ0v) is 12.2. The van der Waals surface area contributed by atoms with Crippen LogP contribution in [0.1, 0.15) is 24.2 Å². The summed E-state index contributed by atoms with van der Waals surface area (Å²) >= 11 is 0. The Morgan fingerprint density at radius 2 is 1.86 bits per heavy atom. The number of benzene rings is 1. The molecule has 1 aliphatic rings. The summed E-state index contributed by atoms with van der Waals surface area (Å²) in [6.45, 7) is 5.44. The summed E-state index contributed by atoms with van der Waals surface area (Å²) in [6.07, 6.45) is 0. The molecule has 3 rings (SSSR count). The topological polar surface area (TPSA) is 65.2 Å². The van der Waals surface area contributed by atoms with Gasteiger partial charge in [0, 0.05) is 42.1 Å². The number of aromatic nitrogens is 1. The minimum absolute atomic E-state index is 0.0718. The number of rotatable bonds is 1. The molecule has 2 unspecified atom stereocenters. The average molecular weight is 285 g/mol. The molecule has 0 radical (unpaired) electrons. The van der Waals surface area contributed by atoms with E-state index in [1.165, 1.54) is 6.07 Å². The van der Waals surface area contributed by atoms with Crippen LogP contribution < -0.4 is 10.9 Å². The fraction of sp³-hybridized carbons (Fsp3) is 0.375. The molecule has 2 N–H and O–H groups in total. The second-order valence-electron chi connectivity index (χ2n) is 5.77. The van der Waals surface area contributed by atoms with Crippen molar-refractivity contribution in [2.24, 2.45) is 0 Å². The predicted octanol–water partition coefficient (Wildman–Crippen LogP) is 1.35. The normalized spacial score (nSPS) is 22.5. The number of amides is 1. The molecule has 2 atom stereocenters. The van der Waals surface area contributed by atoms with E-state index in [2.05, 4.69) is 24.1 Å². The maximum absolute atomic E-state index is 12.8. The van der Waals surface area contributed by atoms with Crippen molar-refractivity contribution in [1.82, 2.24) is 15.2 Å². The van der Waals surface area contributed by atoms with Crippen molar-refractivity contribution in [3.63, 3.8) is 0 Å². The molecular weight excluding hydrogens is 266 g/mol. The number of para-hydroxylation sites is 1. The standard InChI is InChI=1S/C16H19N3O2/c1-10-8-19(9-11(2)17-10)16(21)13-7-15(20)18-14-6-4-3-5-12(13)14/h3-7,10-11,17H,8-9H2,1-2H3,(H,18,20). The third-order valence-electron chi connectivity index (χ3n) is 3.83. The van der Waals surface area contributed by atoms with E-state index in [9.17, 15) is 9.59 Å². The monoisotopic (exact) mass is 285 g/mol. The first-order valence-corrected chi connectivity index (χ1v) is 7.22. The lowest BCUT2D eigenvalue weighted by atomic mass is 10.1. The number of pyridine rings is 1. The maximum atomic E-state index is 12.8. The van der Waals surface area contributed by atoms with E-state index in [1.54, 1.807) is 0 Å². The Morgan fingerprint density at radius 1 is 1.19 bits per heavy atom. The smallest absolute Gasteiger partial charge is 0.254 e. The lowest BCUT2D eigenvalue weighted by Crippen LogP contribution is -2.55. The van der Waals surface area contributed by atoms with Crippen LogP contribution in [-0.4, -0.2) is 41.0 Å². The van der Waals surface area contributed by atoms with Crippen LogP contribution in [0.5, 0.6) is 0 Å². The highest BCUT2D eigenvalue weighted by Gasteiger charge is 2.26. The van der Waals surface area contributed by atoms with Gasteiger partial charge in [-0.2, -0.15) is 0 Å². The average Bonchev–Trinajstić information content (AvgIpc) is 2.44. The van der Waals surface area contributed by atoms with Gasteiger partial charge in [0.1, 0.15) is 0 Å². The third kappa shape index (κ3) is 2.69. The number of hydrogen-bond acceptors (Lipinski definition) is 3. The Hall–Kier alpha value is -2.14. The zero-order valence-electron chi connectivity index (χ0n) is 12.2. The van der Waals surface area contributed by atoms with Crippen LogP contribution in [0.15, 0.2) is 35.1 Å². The first kappa shape index (κ1) is 13.8. The number of nitrogens with zero attached hydrogens (tertiary/aromatic N) is 1. The highest BCUT2D eigenvalue weighted by Crippen LogP contribution is 2.18. The van der Waals surface area contributed by atoms with Crippen LogP contribution in [0, 0.1) is 0 Å². The molecule has 1 aromatic heterocycles. The van der Waals surface area contributed by atoms with Gasteiger partial charge in [-0.15, -0.1) is 0 Å². The van der Waals surface area contributed by atoms with Crippen LogP contribution in [-0.2, 0) is 0 Å². The molecule has 2 heterocycles. The van der Waals surface area contributed by atoms with Crippen molar-refractivity contribution in [3.05, 3.63) is 46.2 Å². The van der Waals surface area contributed by atoms with Gasteiger partial charge in [0.15, 0.2) is 0 Å². The molecule has 1 fully saturated rings. The number of fused-ring (bicyclic) bond motifs is 1. The SMILES string of the molecule is CC1CN(C(=O)c2cc(=O)[nH]c3ccccc23)CC(C)N1. The quantitative estimate of drug-likeness (QED) is 0.831. The molecule has 0 bridgehead atoms. The summed E-state index contributed by atoms with van der Waals surface area (Å²) in [7, 11) is 0. The molecule has 1 aromatic carbocycles. The van der Waals surface area contributed by atoms with Crippen LogP contribution in [0.25, 0.3) is 10.9 Å². The fourth-order valence-corrected chi connectivity index (χ4v) is 3.04. The fourth-order valence-electron chi connectivity index (χ4n) is 3.04. The van der Waals surface area contributed by atoms with Crippen molar-refractivity contribution in [2.45, 2.75) is 25.9 Å². The minimum Gasteiger partial charge on any atom is -0.336 e. The summed E-state index contributed by atoms with van der Waals surface area (Å²) < 4.78 is 0. The Kier molecular flexibility index (Phi) is 3.51. The first-order valence-electron chi connectivity index (χ1n) is 7.22. The third-order valence-corrected chi connectivity index (χ3v) is 3.83. The highest BCUT2D eigenvalue weighted by molar-refractivity contribution is 6.06. The van der Waals surface area contributed by atoms with Crippen molar-refractivity contribution in [1.29, 1.82) is 0 Å². The van der Waals surface area contributed by atoms with Gasteiger partial charge in [0.25, 0.3) is 5.91 Å². The van der Waals surface area contributed by atoms with Crippen LogP contribution >= 0.6 is 0 Å². The lowest BCUT2D eigenvalue weighted by molar-refractivity contribution is 0.0675. The summed E-state index contributed by atoms with van der Waals surface area (Å²) in [5.74, 6) is -0.0718. The molecule has 1 saturated heterocycles. The Bertz CT molecular complexity index is 728. The van der Waals surface area contributed by atoms with E-state index in [1.807, 2.05) is 29.2 Å². The number of carbonyl (C=O) groups excluding carboxylic acids is 1. The molecule has 2 aromatic rings. The molecule has 1 amide bonds. The number of nitrogens with one attached hydrogen (secondary N) is 2. The second-order valence-corrected chi connectivity index (χ2v) is 5.77. The van der Waals surface area contributed by atoms with Crippen molar-refractivity contribution in [2.75, 3.05) is 13.1 Å². The Balaban J connectivity index is 2.03. The summed E-state index contributed by atoms with van der Waals surface area (Å²) in [4.78, 5) is 29.2. The molecule has 5 heteroatoms. The summed E-state index contributed by atoms with van der Waals surface area (Å²) in [6, 6.07) is 9.32. The van der Waals surface area contributed by atoms with Crippen LogP contribution in [0.2, 0.25) is 0 Å². The van der Waals surface area contributed by atoms with Crippen molar-refractivity contribution in [3.8, 4) is 0 Å². The molecular formula is C16H19N3O2. The maximum Gasteiger partial charge on any atom is 0.254 e. The largest absolute Gasteiger partial charge is 0.336 e. The van der Waals surface area contributed by atoms with Gasteiger partial charge in [-0.1, -0.05) is 18.2 Å². The van der Waals surface area contributed by atoms with Gasteiger partial charge in [-0.25, -0.2) is 0 Å². The van der Waals surface area contributed by atoms with Crippen LogP contribution in [0.3, 0.4) is 0 Å². The number of aromatic amines is 1. The van der Waals surface area contributed by atoms with E-state index < -0.39 is 0 Å². The van der Waals surface area contributed by atoms with Gasteiger partial charge >= 0.3 is 0 Å². The molecule has 0 aliphatic carbocycles. The van der Waals surface area contributed by atoms with Gasteiger partial charge in [0.05, 0.1) is 5.56 Å². The van der Waals surface area contributed by atoms with E-state index in [0.29, 0.717) is 24.2 Å². The Morgan fingerprint density at radius 3 is 2.57 bits per heavy atom. The highest BCUT2D eigenvalue weighted by atomic mass is 16.2. The molecule has 1 aliphatic heterocycles.